The summed E-state index contributed by atoms with van der Waals surface area (Å²) in [4.78, 5) is 0. The van der Waals surface area contributed by atoms with Gasteiger partial charge in [-0.05, 0) is 42.4 Å². The van der Waals surface area contributed by atoms with Crippen molar-refractivity contribution in [1.82, 2.24) is 0 Å². The Labute approximate surface area is 107 Å². The van der Waals surface area contributed by atoms with Crippen LogP contribution in [-0.2, 0) is 0 Å². The van der Waals surface area contributed by atoms with Crippen LogP contribution in [-0.4, -0.2) is 0 Å². The largest absolute Gasteiger partial charge is 0.324 e. The van der Waals surface area contributed by atoms with Crippen molar-refractivity contribution in [2.45, 2.75) is 38.6 Å². The molecule has 1 aromatic rings. The zero-order valence-corrected chi connectivity index (χ0v) is 11.4. The molecule has 1 aliphatic rings. The van der Waals surface area contributed by atoms with E-state index < -0.39 is 0 Å². The molecule has 2 N–H and O–H groups in total. The number of nitrogens with two attached hydrogens (primary N) is 1. The number of hydrogen-bond acceptors (Lipinski definition) is 1. The summed E-state index contributed by atoms with van der Waals surface area (Å²) in [5.41, 5.74) is 7.65. The van der Waals surface area contributed by atoms with E-state index in [1.807, 2.05) is 0 Å². The van der Waals surface area contributed by atoms with Crippen LogP contribution in [0.5, 0.6) is 0 Å². The monoisotopic (exact) mass is 281 g/mol. The van der Waals surface area contributed by atoms with Gasteiger partial charge in [-0.3, -0.25) is 0 Å². The van der Waals surface area contributed by atoms with Crippen LogP contribution < -0.4 is 5.73 Å². The standard InChI is InChI=1S/C14H20BrN/c1-10-4-2-5-11(8-10)14(16)12-6-3-7-13(15)9-12/h3,6-7,9-11,14H,2,4-5,8,16H2,1H3. The zero-order valence-electron chi connectivity index (χ0n) is 9.83. The predicted molar refractivity (Wildman–Crippen MR) is 72.2 cm³/mol. The van der Waals surface area contributed by atoms with Crippen LogP contribution in [0.4, 0.5) is 0 Å². The van der Waals surface area contributed by atoms with Crippen molar-refractivity contribution in [3.05, 3.63) is 34.3 Å². The van der Waals surface area contributed by atoms with Gasteiger partial charge in [0.05, 0.1) is 0 Å². The van der Waals surface area contributed by atoms with E-state index in [9.17, 15) is 0 Å². The van der Waals surface area contributed by atoms with Crippen LogP contribution in [0, 0.1) is 11.8 Å². The van der Waals surface area contributed by atoms with E-state index in [-0.39, 0.29) is 6.04 Å². The second-order valence-electron chi connectivity index (χ2n) is 5.11. The summed E-state index contributed by atoms with van der Waals surface area (Å²) in [7, 11) is 0. The van der Waals surface area contributed by atoms with Crippen molar-refractivity contribution in [3.63, 3.8) is 0 Å². The maximum absolute atomic E-state index is 6.38. The molecule has 0 amide bonds. The van der Waals surface area contributed by atoms with E-state index in [0.717, 1.165) is 10.4 Å². The highest BCUT2D eigenvalue weighted by atomic mass is 79.9. The zero-order chi connectivity index (χ0) is 11.5. The molecule has 1 fully saturated rings. The Hall–Kier alpha value is -0.340. The Bertz CT molecular complexity index is 350. The smallest absolute Gasteiger partial charge is 0.0324 e. The van der Waals surface area contributed by atoms with Crippen molar-refractivity contribution in [2.75, 3.05) is 0 Å². The van der Waals surface area contributed by atoms with E-state index in [4.69, 9.17) is 5.73 Å². The lowest BCUT2D eigenvalue weighted by molar-refractivity contribution is 0.248. The Balaban J connectivity index is 2.09. The van der Waals surface area contributed by atoms with Gasteiger partial charge in [-0.25, -0.2) is 0 Å². The molecule has 0 bridgehead atoms. The summed E-state index contributed by atoms with van der Waals surface area (Å²) in [5, 5.41) is 0. The molecule has 1 nitrogen and oxygen atoms in total. The first-order chi connectivity index (χ1) is 7.66. The molecule has 1 aliphatic carbocycles. The van der Waals surface area contributed by atoms with Crippen LogP contribution in [0.15, 0.2) is 28.7 Å². The van der Waals surface area contributed by atoms with Gasteiger partial charge in [0.1, 0.15) is 0 Å². The van der Waals surface area contributed by atoms with Crippen molar-refractivity contribution in [1.29, 1.82) is 0 Å². The fourth-order valence-electron chi connectivity index (χ4n) is 2.79. The maximum Gasteiger partial charge on any atom is 0.0324 e. The summed E-state index contributed by atoms with van der Waals surface area (Å²) >= 11 is 3.51. The molecule has 3 atom stereocenters. The molecule has 2 rings (SSSR count). The molecular weight excluding hydrogens is 262 g/mol. The third kappa shape index (κ3) is 2.86. The minimum Gasteiger partial charge on any atom is -0.324 e. The minimum absolute atomic E-state index is 0.209. The van der Waals surface area contributed by atoms with E-state index in [2.05, 4.69) is 47.1 Å². The molecule has 2 heteroatoms. The van der Waals surface area contributed by atoms with E-state index in [1.54, 1.807) is 0 Å². The summed E-state index contributed by atoms with van der Waals surface area (Å²) in [5.74, 6) is 1.51. The predicted octanol–water partition coefficient (Wildman–Crippen LogP) is 4.28. The van der Waals surface area contributed by atoms with Crippen LogP contribution in [0.25, 0.3) is 0 Å². The highest BCUT2D eigenvalue weighted by Gasteiger charge is 2.25. The van der Waals surface area contributed by atoms with Gasteiger partial charge in [-0.2, -0.15) is 0 Å². The van der Waals surface area contributed by atoms with Crippen molar-refractivity contribution >= 4 is 15.9 Å². The quantitative estimate of drug-likeness (QED) is 0.861. The number of halogens is 1. The van der Waals surface area contributed by atoms with E-state index in [0.29, 0.717) is 5.92 Å². The molecule has 16 heavy (non-hydrogen) atoms. The Kier molecular flexibility index (Phi) is 4.04. The minimum atomic E-state index is 0.209. The molecule has 88 valence electrons. The van der Waals surface area contributed by atoms with Crippen LogP contribution >= 0.6 is 15.9 Å². The molecule has 0 saturated heterocycles. The van der Waals surface area contributed by atoms with Gasteiger partial charge in [0.15, 0.2) is 0 Å². The fraction of sp³-hybridized carbons (Fsp3) is 0.571. The van der Waals surface area contributed by atoms with Gasteiger partial charge in [0.25, 0.3) is 0 Å². The average Bonchev–Trinajstić information content (AvgIpc) is 2.28. The first kappa shape index (κ1) is 12.1. The normalized spacial score (nSPS) is 27.7. The highest BCUT2D eigenvalue weighted by Crippen LogP contribution is 2.36. The van der Waals surface area contributed by atoms with Gasteiger partial charge in [0.2, 0.25) is 0 Å². The SMILES string of the molecule is CC1CCCC(C(N)c2cccc(Br)c2)C1. The van der Waals surface area contributed by atoms with Gasteiger partial charge in [0, 0.05) is 10.5 Å². The second kappa shape index (κ2) is 5.33. The van der Waals surface area contributed by atoms with Gasteiger partial charge < -0.3 is 5.73 Å². The lowest BCUT2D eigenvalue weighted by Gasteiger charge is -2.31. The van der Waals surface area contributed by atoms with Crippen LogP contribution in [0.3, 0.4) is 0 Å². The van der Waals surface area contributed by atoms with Crippen LogP contribution in [0.2, 0.25) is 0 Å². The molecular formula is C14H20BrN. The Morgan fingerprint density at radius 3 is 2.88 bits per heavy atom. The van der Waals surface area contributed by atoms with Gasteiger partial charge >= 0.3 is 0 Å². The maximum atomic E-state index is 6.38. The lowest BCUT2D eigenvalue weighted by Crippen LogP contribution is -2.26. The molecule has 3 unspecified atom stereocenters. The Morgan fingerprint density at radius 2 is 2.19 bits per heavy atom. The first-order valence-corrected chi connectivity index (χ1v) is 6.97. The molecule has 0 spiro atoms. The average molecular weight is 282 g/mol. The van der Waals surface area contributed by atoms with E-state index >= 15 is 0 Å². The van der Waals surface area contributed by atoms with Crippen molar-refractivity contribution in [2.24, 2.45) is 17.6 Å². The van der Waals surface area contributed by atoms with Crippen molar-refractivity contribution in [3.8, 4) is 0 Å². The second-order valence-corrected chi connectivity index (χ2v) is 6.03. The molecule has 0 aromatic heterocycles. The summed E-state index contributed by atoms with van der Waals surface area (Å²) < 4.78 is 1.13. The molecule has 0 aliphatic heterocycles. The fourth-order valence-corrected chi connectivity index (χ4v) is 3.21. The Morgan fingerprint density at radius 1 is 1.38 bits per heavy atom. The molecule has 1 saturated carbocycles. The van der Waals surface area contributed by atoms with E-state index in [1.165, 1.54) is 31.2 Å². The van der Waals surface area contributed by atoms with Crippen LogP contribution in [0.1, 0.15) is 44.2 Å². The number of rotatable bonds is 2. The lowest BCUT2D eigenvalue weighted by atomic mass is 9.77. The van der Waals surface area contributed by atoms with Gasteiger partial charge in [-0.1, -0.05) is 47.8 Å². The summed E-state index contributed by atoms with van der Waals surface area (Å²) in [6.45, 7) is 2.35. The van der Waals surface area contributed by atoms with Gasteiger partial charge in [-0.15, -0.1) is 0 Å². The third-order valence-corrected chi connectivity index (χ3v) is 4.21. The molecule has 0 radical (unpaired) electrons. The third-order valence-electron chi connectivity index (χ3n) is 3.72. The summed E-state index contributed by atoms with van der Waals surface area (Å²) in [6, 6.07) is 8.64. The summed E-state index contributed by atoms with van der Waals surface area (Å²) in [6.07, 6.45) is 5.29. The number of hydrogen-bond donors (Lipinski definition) is 1. The van der Waals surface area contributed by atoms with Crippen molar-refractivity contribution < 1.29 is 0 Å². The molecule has 1 aromatic carbocycles. The topological polar surface area (TPSA) is 26.0 Å². The first-order valence-electron chi connectivity index (χ1n) is 6.18. The molecule has 0 heterocycles. The highest BCUT2D eigenvalue weighted by molar-refractivity contribution is 9.10. The number of benzene rings is 1.